The number of amides is 1. The van der Waals surface area contributed by atoms with Gasteiger partial charge in [0.15, 0.2) is 6.61 Å². The van der Waals surface area contributed by atoms with Crippen molar-refractivity contribution in [1.82, 2.24) is 5.32 Å². The van der Waals surface area contributed by atoms with Gasteiger partial charge in [-0.15, -0.1) is 0 Å². The van der Waals surface area contributed by atoms with Crippen LogP contribution in [0.3, 0.4) is 0 Å². The topological polar surface area (TPSA) is 98.5 Å². The number of halogens is 3. The largest absolute Gasteiger partial charge is 0.484 e. The molecule has 27 heavy (non-hydrogen) atoms. The van der Waals surface area contributed by atoms with Crippen molar-refractivity contribution in [3.8, 4) is 5.75 Å². The Hall–Kier alpha value is -2.59. The molecule has 0 aromatic heterocycles. The van der Waals surface area contributed by atoms with Crippen LogP contribution in [0.25, 0.3) is 0 Å². The van der Waals surface area contributed by atoms with Crippen LogP contribution in [0, 0.1) is 0 Å². The normalized spacial score (nSPS) is 13.1. The van der Waals surface area contributed by atoms with E-state index in [9.17, 15) is 26.4 Å². The van der Waals surface area contributed by atoms with Crippen molar-refractivity contribution >= 4 is 15.9 Å². The molecule has 0 aliphatic heterocycles. The molecule has 1 atom stereocenters. The Morgan fingerprint density at radius 3 is 2.37 bits per heavy atom. The van der Waals surface area contributed by atoms with E-state index in [-0.39, 0.29) is 10.6 Å². The fourth-order valence-electron chi connectivity index (χ4n) is 2.22. The molecule has 6 nitrogen and oxygen atoms in total. The minimum absolute atomic E-state index is 0.0577. The second-order valence-electron chi connectivity index (χ2n) is 5.72. The summed E-state index contributed by atoms with van der Waals surface area (Å²) in [6.45, 7) is 1.19. The lowest BCUT2D eigenvalue weighted by Gasteiger charge is -2.15. The minimum Gasteiger partial charge on any atom is -0.484 e. The van der Waals surface area contributed by atoms with Crippen molar-refractivity contribution in [3.63, 3.8) is 0 Å². The highest BCUT2D eigenvalue weighted by Gasteiger charge is 2.30. The molecule has 1 amide bonds. The molecule has 2 rings (SSSR count). The molecule has 2 aromatic rings. The first-order valence-corrected chi connectivity index (χ1v) is 9.23. The van der Waals surface area contributed by atoms with E-state index in [0.717, 1.165) is 12.1 Å². The highest BCUT2D eigenvalue weighted by atomic mass is 32.2. The van der Waals surface area contributed by atoms with E-state index in [0.29, 0.717) is 5.56 Å². The maximum Gasteiger partial charge on any atom is 0.416 e. The molecule has 0 saturated carbocycles. The Balaban J connectivity index is 1.94. The van der Waals surface area contributed by atoms with Crippen molar-refractivity contribution in [3.05, 3.63) is 59.7 Å². The van der Waals surface area contributed by atoms with E-state index >= 15 is 0 Å². The summed E-state index contributed by atoms with van der Waals surface area (Å²) in [5.74, 6) is -0.624. The third kappa shape index (κ3) is 5.97. The second kappa shape index (κ2) is 7.97. The zero-order valence-electron chi connectivity index (χ0n) is 14.2. The Bertz CT molecular complexity index is 913. The molecule has 1 unspecified atom stereocenters. The lowest BCUT2D eigenvalue weighted by atomic mass is 10.1. The molecule has 3 N–H and O–H groups in total. The van der Waals surface area contributed by atoms with Gasteiger partial charge in [0.2, 0.25) is 10.0 Å². The van der Waals surface area contributed by atoms with Gasteiger partial charge >= 0.3 is 6.18 Å². The van der Waals surface area contributed by atoms with Crippen LogP contribution in [-0.2, 0) is 21.0 Å². The number of alkyl halides is 3. The number of rotatable bonds is 6. The van der Waals surface area contributed by atoms with E-state index in [1.807, 2.05) is 0 Å². The first-order valence-electron chi connectivity index (χ1n) is 7.69. The van der Waals surface area contributed by atoms with E-state index in [2.05, 4.69) is 5.32 Å². The number of carbonyl (C=O) groups is 1. The van der Waals surface area contributed by atoms with Crippen LogP contribution in [-0.4, -0.2) is 20.9 Å². The fraction of sp³-hybridized carbons (Fsp3) is 0.235. The average molecular weight is 402 g/mol. The summed E-state index contributed by atoms with van der Waals surface area (Å²) in [4.78, 5) is 11.9. The van der Waals surface area contributed by atoms with E-state index in [1.54, 1.807) is 6.92 Å². The number of sulfonamides is 1. The van der Waals surface area contributed by atoms with Gasteiger partial charge in [-0.3, -0.25) is 4.79 Å². The van der Waals surface area contributed by atoms with Gasteiger partial charge in [-0.2, -0.15) is 13.2 Å². The van der Waals surface area contributed by atoms with Crippen LogP contribution < -0.4 is 15.2 Å². The van der Waals surface area contributed by atoms with E-state index in [1.165, 1.54) is 36.4 Å². The monoisotopic (exact) mass is 402 g/mol. The second-order valence-corrected chi connectivity index (χ2v) is 7.28. The Morgan fingerprint density at radius 1 is 1.19 bits per heavy atom. The van der Waals surface area contributed by atoms with Gasteiger partial charge in [-0.25, -0.2) is 13.6 Å². The highest BCUT2D eigenvalue weighted by Crippen LogP contribution is 2.31. The smallest absolute Gasteiger partial charge is 0.416 e. The Morgan fingerprint density at radius 2 is 1.81 bits per heavy atom. The molecular weight excluding hydrogens is 385 g/mol. The van der Waals surface area contributed by atoms with Gasteiger partial charge in [0.25, 0.3) is 5.91 Å². The molecule has 0 aliphatic carbocycles. The first-order chi connectivity index (χ1) is 12.5. The maximum atomic E-state index is 12.6. The summed E-state index contributed by atoms with van der Waals surface area (Å²) < 4.78 is 65.5. The van der Waals surface area contributed by atoms with Crippen molar-refractivity contribution in [2.24, 2.45) is 5.14 Å². The molecule has 0 bridgehead atoms. The van der Waals surface area contributed by atoms with E-state index in [4.69, 9.17) is 9.88 Å². The number of hydrogen-bond donors (Lipinski definition) is 2. The summed E-state index contributed by atoms with van der Waals surface area (Å²) in [5, 5.41) is 7.61. The van der Waals surface area contributed by atoms with Gasteiger partial charge in [0, 0.05) is 0 Å². The summed E-state index contributed by atoms with van der Waals surface area (Å²) in [5.41, 5.74) is -0.251. The fourth-order valence-corrected chi connectivity index (χ4v) is 2.74. The predicted octanol–water partition coefficient (Wildman–Crippen LogP) is 2.61. The maximum absolute atomic E-state index is 12.6. The van der Waals surface area contributed by atoms with Crippen molar-refractivity contribution in [2.75, 3.05) is 6.61 Å². The number of benzene rings is 2. The number of nitrogens with one attached hydrogen (secondary N) is 1. The van der Waals surface area contributed by atoms with Crippen molar-refractivity contribution in [1.29, 1.82) is 0 Å². The number of ether oxygens (including phenoxy) is 1. The number of primary sulfonamides is 1. The lowest BCUT2D eigenvalue weighted by molar-refractivity contribution is -0.137. The van der Waals surface area contributed by atoms with E-state index < -0.39 is 40.3 Å². The van der Waals surface area contributed by atoms with Gasteiger partial charge < -0.3 is 10.1 Å². The van der Waals surface area contributed by atoms with Crippen molar-refractivity contribution in [2.45, 2.75) is 24.0 Å². The summed E-state index contributed by atoms with van der Waals surface area (Å²) in [6, 6.07) is 9.36. The van der Waals surface area contributed by atoms with Crippen LogP contribution in [0.2, 0.25) is 0 Å². The number of hydrogen-bond acceptors (Lipinski definition) is 4. The summed E-state index contributed by atoms with van der Waals surface area (Å²) >= 11 is 0. The third-order valence-electron chi connectivity index (χ3n) is 3.62. The Kier molecular flexibility index (Phi) is 6.11. The third-order valence-corrected chi connectivity index (χ3v) is 4.55. The number of nitrogens with two attached hydrogens (primary N) is 1. The van der Waals surface area contributed by atoms with Crippen molar-refractivity contribution < 1.29 is 31.1 Å². The van der Waals surface area contributed by atoms with Gasteiger partial charge in [-0.1, -0.05) is 18.2 Å². The predicted molar refractivity (Wildman–Crippen MR) is 91.3 cm³/mol. The summed E-state index contributed by atoms with van der Waals surface area (Å²) in [7, 11) is -3.81. The van der Waals surface area contributed by atoms with Crippen LogP contribution in [0.4, 0.5) is 13.2 Å². The standard InChI is InChI=1S/C17H17F3N2O4S/c1-11(12-5-7-15(8-6-12)27(21,24)25)22-16(23)10-26-14-4-2-3-13(9-14)17(18,19)20/h2-9,11H,10H2,1H3,(H,22,23)(H2,21,24,25). The van der Waals surface area contributed by atoms with Crippen LogP contribution >= 0.6 is 0 Å². The molecule has 146 valence electrons. The molecule has 0 saturated heterocycles. The SMILES string of the molecule is CC(NC(=O)COc1cccc(C(F)(F)F)c1)c1ccc(S(N)(=O)=O)cc1. The molecule has 0 fully saturated rings. The molecule has 0 radical (unpaired) electrons. The minimum atomic E-state index is -4.50. The number of carbonyl (C=O) groups excluding carboxylic acids is 1. The zero-order valence-corrected chi connectivity index (χ0v) is 15.0. The molecule has 10 heteroatoms. The van der Waals surface area contributed by atoms with Gasteiger partial charge in [0.1, 0.15) is 5.75 Å². The lowest BCUT2D eigenvalue weighted by Crippen LogP contribution is -2.31. The molecule has 0 heterocycles. The molecule has 0 aliphatic rings. The Labute approximate surface area is 154 Å². The van der Waals surface area contributed by atoms with Gasteiger partial charge in [-0.05, 0) is 42.8 Å². The van der Waals surface area contributed by atoms with Crippen LogP contribution in [0.15, 0.2) is 53.4 Å². The van der Waals surface area contributed by atoms with Gasteiger partial charge in [0.05, 0.1) is 16.5 Å². The first kappa shape index (κ1) is 20.7. The molecule has 0 spiro atoms. The van der Waals surface area contributed by atoms with Crippen LogP contribution in [0.5, 0.6) is 5.75 Å². The summed E-state index contributed by atoms with van der Waals surface area (Å²) in [6.07, 6.45) is -4.50. The molecule has 2 aromatic carbocycles. The molecular formula is C17H17F3N2O4S. The van der Waals surface area contributed by atoms with Crippen LogP contribution in [0.1, 0.15) is 24.1 Å². The quantitative estimate of drug-likeness (QED) is 0.776. The zero-order chi connectivity index (χ0) is 20.2. The highest BCUT2D eigenvalue weighted by molar-refractivity contribution is 7.89. The average Bonchev–Trinajstić information content (AvgIpc) is 2.59.